The molecule has 1 aliphatic carbocycles. The van der Waals surface area contributed by atoms with Crippen molar-refractivity contribution in [3.63, 3.8) is 0 Å². The number of rotatable bonds is 6. The van der Waals surface area contributed by atoms with Crippen LogP contribution in [0.2, 0.25) is 0 Å². The lowest BCUT2D eigenvalue weighted by Crippen LogP contribution is -2.19. The van der Waals surface area contributed by atoms with E-state index < -0.39 is 5.51 Å². The number of hydrogen-bond donors (Lipinski definition) is 1. The van der Waals surface area contributed by atoms with E-state index >= 15 is 0 Å². The number of thioether (sulfide) groups is 1. The lowest BCUT2D eigenvalue weighted by molar-refractivity contribution is -0.0327. The van der Waals surface area contributed by atoms with Crippen LogP contribution in [0.5, 0.6) is 0 Å². The number of halogens is 3. The van der Waals surface area contributed by atoms with E-state index in [1.54, 1.807) is 0 Å². The van der Waals surface area contributed by atoms with Crippen LogP contribution in [0.3, 0.4) is 0 Å². The predicted octanol–water partition coefficient (Wildman–Crippen LogP) is 3.73. The summed E-state index contributed by atoms with van der Waals surface area (Å²) in [5.74, 6) is 0.0346. The molecule has 0 aromatic carbocycles. The molecule has 0 radical (unpaired) electrons. The van der Waals surface area contributed by atoms with Crippen LogP contribution in [-0.4, -0.2) is 27.6 Å². The second kappa shape index (κ2) is 7.36. The Hall–Kier alpha value is -0.690. The fraction of sp³-hybridized carbons (Fsp3) is 0.769. The van der Waals surface area contributed by atoms with Gasteiger partial charge in [0, 0.05) is 25.0 Å². The Bertz CT molecular complexity index is 400. The van der Waals surface area contributed by atoms with Crippen LogP contribution in [0.25, 0.3) is 0 Å². The highest BCUT2D eigenvalue weighted by Gasteiger charge is 2.27. The van der Waals surface area contributed by atoms with Crippen molar-refractivity contribution >= 4 is 11.8 Å². The van der Waals surface area contributed by atoms with Gasteiger partial charge in [-0.15, -0.1) is 0 Å². The smallest absolute Gasteiger partial charge is 0.310 e. The van der Waals surface area contributed by atoms with Gasteiger partial charge in [0.2, 0.25) is 0 Å². The molecule has 1 aromatic rings. The van der Waals surface area contributed by atoms with Crippen LogP contribution in [0.4, 0.5) is 13.2 Å². The van der Waals surface area contributed by atoms with E-state index in [9.17, 15) is 13.2 Å². The molecular formula is C13H20F3N3S. The van der Waals surface area contributed by atoms with Crippen molar-refractivity contribution in [2.24, 2.45) is 0 Å². The van der Waals surface area contributed by atoms with Gasteiger partial charge >= 0.3 is 5.51 Å². The minimum absolute atomic E-state index is 0.00852. The maximum atomic E-state index is 11.9. The molecule has 0 atom stereocenters. The molecule has 1 aromatic heterocycles. The van der Waals surface area contributed by atoms with E-state index in [4.69, 9.17) is 0 Å². The monoisotopic (exact) mass is 307 g/mol. The highest BCUT2D eigenvalue weighted by Crippen LogP contribution is 2.29. The van der Waals surface area contributed by atoms with Crippen molar-refractivity contribution in [2.75, 3.05) is 12.3 Å². The zero-order valence-electron chi connectivity index (χ0n) is 11.3. The van der Waals surface area contributed by atoms with E-state index in [0.717, 1.165) is 5.69 Å². The number of aromatic nitrogens is 2. The minimum atomic E-state index is -4.13. The Kier molecular flexibility index (Phi) is 5.77. The van der Waals surface area contributed by atoms with E-state index in [1.165, 1.54) is 32.1 Å². The summed E-state index contributed by atoms with van der Waals surface area (Å²) in [6.45, 7) is 0.860. The zero-order valence-corrected chi connectivity index (χ0v) is 12.1. The molecule has 2 rings (SSSR count). The maximum absolute atomic E-state index is 11.9. The van der Waals surface area contributed by atoms with Gasteiger partial charge in [0.25, 0.3) is 0 Å². The van der Waals surface area contributed by atoms with Gasteiger partial charge in [0.05, 0.1) is 11.7 Å². The largest absolute Gasteiger partial charge is 0.441 e. The van der Waals surface area contributed by atoms with E-state index in [-0.39, 0.29) is 17.5 Å². The Balaban J connectivity index is 1.67. The first kappa shape index (κ1) is 15.7. The van der Waals surface area contributed by atoms with Gasteiger partial charge in [0.1, 0.15) is 0 Å². The van der Waals surface area contributed by atoms with Gasteiger partial charge in [-0.2, -0.15) is 18.3 Å². The number of nitrogens with zero attached hydrogens (tertiary/aromatic N) is 2. The molecule has 1 saturated carbocycles. The predicted molar refractivity (Wildman–Crippen MR) is 74.6 cm³/mol. The average molecular weight is 307 g/mol. The molecule has 20 heavy (non-hydrogen) atoms. The first-order valence-electron chi connectivity index (χ1n) is 7.00. The zero-order chi connectivity index (χ0) is 14.4. The lowest BCUT2D eigenvalue weighted by atomic mass is 9.96. The fourth-order valence-electron chi connectivity index (χ4n) is 2.48. The average Bonchev–Trinajstić information content (AvgIpc) is 2.87. The first-order chi connectivity index (χ1) is 9.54. The summed E-state index contributed by atoms with van der Waals surface area (Å²) in [5.41, 5.74) is -3.24. The highest BCUT2D eigenvalue weighted by molar-refractivity contribution is 8.00. The minimum Gasteiger partial charge on any atom is -0.310 e. The summed E-state index contributed by atoms with van der Waals surface area (Å²) in [6.07, 6.45) is 8.16. The second-order valence-corrected chi connectivity index (χ2v) is 6.21. The van der Waals surface area contributed by atoms with Crippen LogP contribution in [0.15, 0.2) is 12.3 Å². The molecule has 0 saturated heterocycles. The standard InChI is InChI=1S/C13H20F3N3S/c14-13(15,16)20-9-7-17-10-11-6-8-19(18-11)12-4-2-1-3-5-12/h6,8,12,17H,1-5,7,9-10H2. The molecule has 1 heterocycles. The van der Waals surface area contributed by atoms with Crippen LogP contribution in [0, 0.1) is 0 Å². The fourth-order valence-corrected chi connectivity index (χ4v) is 2.95. The first-order valence-corrected chi connectivity index (χ1v) is 7.98. The summed E-state index contributed by atoms with van der Waals surface area (Å²) in [6, 6.07) is 2.44. The van der Waals surface area contributed by atoms with E-state index in [0.29, 0.717) is 19.1 Å². The van der Waals surface area contributed by atoms with E-state index in [2.05, 4.69) is 10.4 Å². The molecule has 1 fully saturated rings. The highest BCUT2D eigenvalue weighted by atomic mass is 32.2. The molecule has 0 amide bonds. The number of hydrogen-bond acceptors (Lipinski definition) is 3. The van der Waals surface area contributed by atoms with Crippen molar-refractivity contribution in [1.29, 1.82) is 0 Å². The molecule has 0 bridgehead atoms. The Morgan fingerprint density at radius 3 is 2.75 bits per heavy atom. The molecule has 1 aliphatic rings. The second-order valence-electron chi connectivity index (χ2n) is 5.05. The third kappa shape index (κ3) is 5.36. The molecule has 0 spiro atoms. The molecule has 0 aliphatic heterocycles. The van der Waals surface area contributed by atoms with Gasteiger partial charge in [-0.1, -0.05) is 19.3 Å². The normalized spacial score (nSPS) is 17.6. The summed E-state index contributed by atoms with van der Waals surface area (Å²) in [4.78, 5) is 0. The van der Waals surface area contributed by atoms with Crippen LogP contribution in [-0.2, 0) is 6.54 Å². The van der Waals surface area contributed by atoms with Crippen molar-refractivity contribution in [2.45, 2.75) is 50.2 Å². The van der Waals surface area contributed by atoms with E-state index in [1.807, 2.05) is 16.9 Å². The summed E-state index contributed by atoms with van der Waals surface area (Å²) < 4.78 is 37.8. The van der Waals surface area contributed by atoms with Crippen molar-refractivity contribution in [3.8, 4) is 0 Å². The maximum Gasteiger partial charge on any atom is 0.441 e. The molecule has 114 valence electrons. The van der Waals surface area contributed by atoms with Crippen molar-refractivity contribution in [1.82, 2.24) is 15.1 Å². The van der Waals surface area contributed by atoms with Gasteiger partial charge in [0.15, 0.2) is 0 Å². The third-order valence-electron chi connectivity index (χ3n) is 3.46. The molecule has 1 N–H and O–H groups in total. The Labute approximate surface area is 121 Å². The molecule has 7 heteroatoms. The molecular weight excluding hydrogens is 287 g/mol. The summed E-state index contributed by atoms with van der Waals surface area (Å²) in [7, 11) is 0. The van der Waals surface area contributed by atoms with Gasteiger partial charge in [-0.3, -0.25) is 4.68 Å². The molecule has 3 nitrogen and oxygen atoms in total. The summed E-state index contributed by atoms with van der Waals surface area (Å²) in [5, 5.41) is 7.50. The SMILES string of the molecule is FC(F)(F)SCCNCc1ccn(C2CCCCC2)n1. The van der Waals surface area contributed by atoms with Crippen molar-refractivity contribution < 1.29 is 13.2 Å². The Morgan fingerprint density at radius 2 is 2.05 bits per heavy atom. The van der Waals surface area contributed by atoms with Crippen LogP contribution < -0.4 is 5.32 Å². The summed E-state index contributed by atoms with van der Waals surface area (Å²) >= 11 is 0.00852. The quantitative estimate of drug-likeness (QED) is 0.812. The Morgan fingerprint density at radius 1 is 1.30 bits per heavy atom. The van der Waals surface area contributed by atoms with Crippen LogP contribution in [0.1, 0.15) is 43.8 Å². The number of alkyl halides is 3. The third-order valence-corrected chi connectivity index (χ3v) is 4.20. The van der Waals surface area contributed by atoms with Crippen LogP contribution >= 0.6 is 11.8 Å². The number of nitrogens with one attached hydrogen (secondary N) is 1. The molecule has 0 unspecified atom stereocenters. The topological polar surface area (TPSA) is 29.9 Å². The van der Waals surface area contributed by atoms with Crippen molar-refractivity contribution in [3.05, 3.63) is 18.0 Å². The van der Waals surface area contributed by atoms with Gasteiger partial charge in [-0.25, -0.2) is 0 Å². The van der Waals surface area contributed by atoms with Gasteiger partial charge < -0.3 is 5.32 Å². The van der Waals surface area contributed by atoms with Gasteiger partial charge in [-0.05, 0) is 30.7 Å². The lowest BCUT2D eigenvalue weighted by Gasteiger charge is -2.21.